The molecule has 5 heteroatoms. The Morgan fingerprint density at radius 2 is 2.43 bits per heavy atom. The van der Waals surface area contributed by atoms with Crippen LogP contribution in [-0.4, -0.2) is 39.9 Å². The van der Waals surface area contributed by atoms with Gasteiger partial charge in [-0.25, -0.2) is 0 Å². The molecule has 0 aliphatic rings. The molecule has 0 radical (unpaired) electrons. The number of aromatic nitrogens is 1. The lowest BCUT2D eigenvalue weighted by molar-refractivity contribution is 0.0574. The van der Waals surface area contributed by atoms with Gasteiger partial charge < -0.3 is 10.0 Å². The highest BCUT2D eigenvalue weighted by Crippen LogP contribution is 2.02. The maximum absolute atomic E-state index is 11.7. The Balaban J connectivity index is 2.73. The third-order valence-electron chi connectivity index (χ3n) is 1.74. The fourth-order valence-electron chi connectivity index (χ4n) is 1.03. The molecule has 1 amide bonds. The number of rotatable bonds is 4. The summed E-state index contributed by atoms with van der Waals surface area (Å²) in [6.45, 7) is 0.127. The van der Waals surface area contributed by atoms with Crippen LogP contribution in [0.25, 0.3) is 0 Å². The minimum absolute atomic E-state index is 0.227. The normalized spacial score (nSPS) is 9.86. The van der Waals surface area contributed by atoms with E-state index in [0.29, 0.717) is 17.9 Å². The quantitative estimate of drug-likeness (QED) is 0.561. The van der Waals surface area contributed by atoms with Gasteiger partial charge >= 0.3 is 0 Å². The molecule has 0 aliphatic carbocycles. The fraction of sp³-hybridized carbons (Fsp3) is 0.333. The lowest BCUT2D eigenvalue weighted by Gasteiger charge is -2.18. The smallest absolute Gasteiger partial charge is 0.257 e. The highest BCUT2D eigenvalue weighted by atomic mass is 32.1. The van der Waals surface area contributed by atoms with E-state index in [-0.39, 0.29) is 12.6 Å². The molecule has 0 atom stereocenters. The van der Waals surface area contributed by atoms with Gasteiger partial charge in [0.05, 0.1) is 5.56 Å². The Bertz CT molecular complexity index is 292. The molecule has 0 aliphatic heterocycles. The minimum atomic E-state index is -0.297. The van der Waals surface area contributed by atoms with Crippen LogP contribution in [0, 0.1) is 0 Å². The zero-order valence-corrected chi connectivity index (χ0v) is 8.52. The monoisotopic (exact) mass is 212 g/mol. The van der Waals surface area contributed by atoms with Crippen molar-refractivity contribution in [3.8, 4) is 0 Å². The van der Waals surface area contributed by atoms with Gasteiger partial charge in [0.2, 0.25) is 0 Å². The van der Waals surface area contributed by atoms with Gasteiger partial charge in [-0.2, -0.15) is 12.6 Å². The SMILES string of the molecule is O=C(c1cccnc1)N(CO)CCS. The first-order chi connectivity index (χ1) is 6.79. The summed E-state index contributed by atoms with van der Waals surface area (Å²) in [6.07, 6.45) is 3.07. The molecule has 0 saturated heterocycles. The molecule has 0 unspecified atom stereocenters. The zero-order valence-electron chi connectivity index (χ0n) is 7.63. The first-order valence-electron chi connectivity index (χ1n) is 4.20. The van der Waals surface area contributed by atoms with Gasteiger partial charge in [-0.15, -0.1) is 0 Å². The van der Waals surface area contributed by atoms with Crippen molar-refractivity contribution in [3.05, 3.63) is 30.1 Å². The molecule has 1 aromatic rings. The molecule has 0 aromatic carbocycles. The third kappa shape index (κ3) is 2.71. The van der Waals surface area contributed by atoms with Crippen LogP contribution in [0.3, 0.4) is 0 Å². The Hall–Kier alpha value is -1.07. The molecule has 1 N–H and O–H groups in total. The standard InChI is InChI=1S/C9H12N2O2S/c12-7-11(4-5-14)9(13)8-2-1-3-10-6-8/h1-3,6,12,14H,4-5,7H2. The molecule has 0 bridgehead atoms. The molecule has 0 fully saturated rings. The van der Waals surface area contributed by atoms with E-state index < -0.39 is 0 Å². The van der Waals surface area contributed by atoms with Crippen LogP contribution in [-0.2, 0) is 0 Å². The molecular weight excluding hydrogens is 200 g/mol. The predicted octanol–water partition coefficient (Wildman–Crippen LogP) is 0.403. The second-order valence-corrected chi connectivity index (χ2v) is 3.12. The number of carbonyl (C=O) groups is 1. The summed E-state index contributed by atoms with van der Waals surface area (Å²) in [5, 5.41) is 8.94. The van der Waals surface area contributed by atoms with Crippen LogP contribution < -0.4 is 0 Å². The van der Waals surface area contributed by atoms with Crippen LogP contribution in [0.4, 0.5) is 0 Å². The molecule has 4 nitrogen and oxygen atoms in total. The van der Waals surface area contributed by atoms with E-state index in [0.717, 1.165) is 0 Å². The number of aliphatic hydroxyl groups is 1. The van der Waals surface area contributed by atoms with E-state index in [1.54, 1.807) is 18.3 Å². The van der Waals surface area contributed by atoms with Crippen LogP contribution in [0.1, 0.15) is 10.4 Å². The largest absolute Gasteiger partial charge is 0.376 e. The number of carbonyl (C=O) groups excluding carboxylic acids is 1. The summed E-state index contributed by atoms with van der Waals surface area (Å²) in [5.41, 5.74) is 0.475. The summed E-state index contributed by atoms with van der Waals surface area (Å²) >= 11 is 4.00. The number of amides is 1. The Morgan fingerprint density at radius 3 is 2.93 bits per heavy atom. The van der Waals surface area contributed by atoms with Gasteiger partial charge in [-0.3, -0.25) is 9.78 Å². The second kappa shape index (κ2) is 5.62. The van der Waals surface area contributed by atoms with Crippen molar-refractivity contribution in [1.82, 2.24) is 9.88 Å². The zero-order chi connectivity index (χ0) is 10.4. The van der Waals surface area contributed by atoms with Crippen molar-refractivity contribution in [2.45, 2.75) is 0 Å². The van der Waals surface area contributed by atoms with Gasteiger partial charge in [0.15, 0.2) is 0 Å². The van der Waals surface area contributed by atoms with E-state index >= 15 is 0 Å². The Kier molecular flexibility index (Phi) is 4.42. The van der Waals surface area contributed by atoms with Crippen LogP contribution >= 0.6 is 12.6 Å². The average molecular weight is 212 g/mol. The van der Waals surface area contributed by atoms with E-state index in [1.165, 1.54) is 11.1 Å². The lowest BCUT2D eigenvalue weighted by atomic mass is 10.2. The van der Waals surface area contributed by atoms with Gasteiger partial charge in [0.25, 0.3) is 5.91 Å². The van der Waals surface area contributed by atoms with Crippen LogP contribution in [0.2, 0.25) is 0 Å². The van der Waals surface area contributed by atoms with Gasteiger partial charge in [-0.05, 0) is 12.1 Å². The Labute approximate surface area is 88.0 Å². The van der Waals surface area contributed by atoms with Crippen molar-refractivity contribution >= 4 is 18.5 Å². The lowest BCUT2D eigenvalue weighted by Crippen LogP contribution is -2.33. The third-order valence-corrected chi connectivity index (χ3v) is 1.94. The van der Waals surface area contributed by atoms with Crippen LogP contribution in [0.5, 0.6) is 0 Å². The molecule has 1 rings (SSSR count). The summed E-state index contributed by atoms with van der Waals surface area (Å²) in [5.74, 6) is 0.293. The summed E-state index contributed by atoms with van der Waals surface area (Å²) in [7, 11) is 0. The highest BCUT2D eigenvalue weighted by molar-refractivity contribution is 7.80. The molecule has 0 saturated carbocycles. The molecule has 76 valence electrons. The maximum Gasteiger partial charge on any atom is 0.257 e. The van der Waals surface area contributed by atoms with Crippen LogP contribution in [0.15, 0.2) is 24.5 Å². The van der Waals surface area contributed by atoms with E-state index in [2.05, 4.69) is 17.6 Å². The minimum Gasteiger partial charge on any atom is -0.376 e. The van der Waals surface area contributed by atoms with Crippen molar-refractivity contribution in [1.29, 1.82) is 0 Å². The molecule has 14 heavy (non-hydrogen) atoms. The van der Waals surface area contributed by atoms with Gasteiger partial charge in [0, 0.05) is 24.7 Å². The molecule has 0 spiro atoms. The fourth-order valence-corrected chi connectivity index (χ4v) is 1.27. The number of nitrogens with zero attached hydrogens (tertiary/aromatic N) is 2. The summed E-state index contributed by atoms with van der Waals surface area (Å²) in [6, 6.07) is 3.35. The maximum atomic E-state index is 11.7. The summed E-state index contributed by atoms with van der Waals surface area (Å²) < 4.78 is 0. The predicted molar refractivity (Wildman–Crippen MR) is 56.2 cm³/mol. The van der Waals surface area contributed by atoms with Gasteiger partial charge in [-0.1, -0.05) is 0 Å². The average Bonchev–Trinajstić information content (AvgIpc) is 2.26. The second-order valence-electron chi connectivity index (χ2n) is 2.68. The summed E-state index contributed by atoms with van der Waals surface area (Å²) in [4.78, 5) is 16.8. The number of thiol groups is 1. The topological polar surface area (TPSA) is 53.4 Å². The number of aliphatic hydroxyl groups excluding tert-OH is 1. The number of hydrogen-bond donors (Lipinski definition) is 2. The molecular formula is C9H12N2O2S. The number of pyridine rings is 1. The number of hydrogen-bond acceptors (Lipinski definition) is 4. The van der Waals surface area contributed by atoms with Crippen molar-refractivity contribution in [2.75, 3.05) is 19.0 Å². The highest BCUT2D eigenvalue weighted by Gasteiger charge is 2.13. The first-order valence-corrected chi connectivity index (χ1v) is 4.84. The van der Waals surface area contributed by atoms with Crippen molar-refractivity contribution in [3.63, 3.8) is 0 Å². The molecule has 1 heterocycles. The van der Waals surface area contributed by atoms with Crippen molar-refractivity contribution < 1.29 is 9.90 Å². The van der Waals surface area contributed by atoms with Crippen molar-refractivity contribution in [2.24, 2.45) is 0 Å². The van der Waals surface area contributed by atoms with E-state index in [9.17, 15) is 4.79 Å². The first kappa shape index (κ1) is 11.0. The molecule has 1 aromatic heterocycles. The van der Waals surface area contributed by atoms with E-state index in [1.807, 2.05) is 0 Å². The van der Waals surface area contributed by atoms with E-state index in [4.69, 9.17) is 5.11 Å². The van der Waals surface area contributed by atoms with Gasteiger partial charge in [0.1, 0.15) is 6.73 Å². The Morgan fingerprint density at radius 1 is 1.64 bits per heavy atom.